The van der Waals surface area contributed by atoms with Crippen LogP contribution >= 0.6 is 0 Å². The SMILES string of the molecule is CCCCC(=O)c1ccc(Oc2ccccc2)cc1O.CCCCCc1ccc(Oc2ccccc2)cc1O.[CH3-].[Zn]. The smallest absolute Gasteiger partial charge is 0.166 e. The third-order valence-corrected chi connectivity index (χ3v) is 6.09. The van der Waals surface area contributed by atoms with E-state index >= 15 is 0 Å². The van der Waals surface area contributed by atoms with Crippen molar-refractivity contribution in [1.82, 2.24) is 0 Å². The van der Waals surface area contributed by atoms with Crippen LogP contribution in [0.1, 0.15) is 68.3 Å². The number of unbranched alkanes of at least 4 members (excludes halogenated alkanes) is 3. The molecule has 4 rings (SSSR count). The average Bonchev–Trinajstić information content (AvgIpc) is 2.94. The van der Waals surface area contributed by atoms with Gasteiger partial charge in [0.05, 0.1) is 5.56 Å². The Bertz CT molecular complexity index is 1290. The molecule has 0 aliphatic heterocycles. The van der Waals surface area contributed by atoms with Gasteiger partial charge in [-0.3, -0.25) is 4.79 Å². The summed E-state index contributed by atoms with van der Waals surface area (Å²) in [6, 6.07) is 29.2. The topological polar surface area (TPSA) is 76.0 Å². The van der Waals surface area contributed by atoms with Crippen molar-refractivity contribution in [1.29, 1.82) is 0 Å². The fraction of sp³-hybridized carbons (Fsp3) is 0.257. The van der Waals surface area contributed by atoms with Gasteiger partial charge in [-0.05, 0) is 67.3 Å². The molecule has 0 bridgehead atoms. The third kappa shape index (κ3) is 12.2. The second-order valence-electron chi connectivity index (χ2n) is 9.28. The van der Waals surface area contributed by atoms with Crippen molar-refractivity contribution in [3.8, 4) is 34.5 Å². The largest absolute Gasteiger partial charge is 0.508 e. The summed E-state index contributed by atoms with van der Waals surface area (Å²) in [4.78, 5) is 11.9. The number of ketones is 1. The van der Waals surface area contributed by atoms with E-state index in [0.29, 0.717) is 35.0 Å². The molecule has 0 aliphatic carbocycles. The molecule has 0 saturated heterocycles. The Kier molecular flexibility index (Phi) is 16.8. The average molecular weight is 607 g/mol. The molecule has 0 radical (unpaired) electrons. The molecule has 0 aliphatic rings. The summed E-state index contributed by atoms with van der Waals surface area (Å²) in [6.45, 7) is 4.21. The molecule has 0 saturated carbocycles. The van der Waals surface area contributed by atoms with E-state index in [1.165, 1.54) is 18.9 Å². The first kappa shape index (κ1) is 35.4. The maximum Gasteiger partial charge on any atom is 0.166 e. The minimum absolute atomic E-state index is 0. The molecular weight excluding hydrogens is 566 g/mol. The molecule has 0 spiro atoms. The van der Waals surface area contributed by atoms with E-state index in [1.54, 1.807) is 18.2 Å². The number of aryl methyl sites for hydroxylation is 1. The number of aromatic hydroxyl groups is 2. The summed E-state index contributed by atoms with van der Waals surface area (Å²) >= 11 is 0. The Labute approximate surface area is 257 Å². The summed E-state index contributed by atoms with van der Waals surface area (Å²) in [5, 5.41) is 19.9. The number of phenols is 2. The number of carbonyl (C=O) groups excluding carboxylic acids is 1. The van der Waals surface area contributed by atoms with Gasteiger partial charge in [-0.1, -0.05) is 75.6 Å². The summed E-state index contributed by atoms with van der Waals surface area (Å²) in [7, 11) is 0. The number of hydrogen-bond donors (Lipinski definition) is 2. The van der Waals surface area contributed by atoms with Gasteiger partial charge in [0.25, 0.3) is 0 Å². The van der Waals surface area contributed by atoms with Gasteiger partial charge in [0.15, 0.2) is 5.78 Å². The molecule has 0 unspecified atom stereocenters. The van der Waals surface area contributed by atoms with Crippen LogP contribution in [0, 0.1) is 7.43 Å². The minimum atomic E-state index is -0.0318. The van der Waals surface area contributed by atoms with Crippen molar-refractivity contribution in [2.24, 2.45) is 0 Å². The van der Waals surface area contributed by atoms with Crippen LogP contribution < -0.4 is 9.47 Å². The summed E-state index contributed by atoms with van der Waals surface area (Å²) < 4.78 is 11.3. The molecule has 6 heteroatoms. The molecule has 5 nitrogen and oxygen atoms in total. The van der Waals surface area contributed by atoms with Crippen LogP contribution in [0.5, 0.6) is 34.5 Å². The summed E-state index contributed by atoms with van der Waals surface area (Å²) in [5.74, 6) is 2.92. The van der Waals surface area contributed by atoms with Crippen molar-refractivity contribution in [2.45, 2.75) is 58.8 Å². The number of para-hydroxylation sites is 2. The summed E-state index contributed by atoms with van der Waals surface area (Å²) in [6.07, 6.45) is 6.68. The zero-order chi connectivity index (χ0) is 27.9. The predicted molar refractivity (Wildman–Crippen MR) is 163 cm³/mol. The molecule has 4 aromatic rings. The van der Waals surface area contributed by atoms with Crippen LogP contribution in [0.15, 0.2) is 97.1 Å². The van der Waals surface area contributed by atoms with Gasteiger partial charge in [0.2, 0.25) is 0 Å². The number of ether oxygens (including phenoxy) is 2. The number of hydrogen-bond acceptors (Lipinski definition) is 5. The standard InChI is InChI=1S/C17H18O3.C17H20O2.CH3.Zn/c1-2-3-9-16(18)15-11-10-14(12-17(15)19)20-13-7-5-4-6-8-13;1-2-3-5-8-14-11-12-16(13-17(14)18)19-15-9-6-4-7-10-15;;/h4-8,10-12,19H,2-3,9H2,1H3;4,6-7,9-13,18H,2-3,5,8H2,1H3;1H3;/q;;-1;. The predicted octanol–water partition coefficient (Wildman–Crippen LogP) is 9.92. The van der Waals surface area contributed by atoms with Gasteiger partial charge in [-0.25, -0.2) is 0 Å². The van der Waals surface area contributed by atoms with E-state index in [9.17, 15) is 15.0 Å². The molecular formula is C35H41O5Zn-. The quantitative estimate of drug-likeness (QED) is 0.0726. The van der Waals surface area contributed by atoms with Crippen molar-refractivity contribution in [3.63, 3.8) is 0 Å². The molecule has 41 heavy (non-hydrogen) atoms. The Balaban J connectivity index is 0.000000391. The van der Waals surface area contributed by atoms with Gasteiger partial charge < -0.3 is 27.1 Å². The maximum absolute atomic E-state index is 11.9. The number of phenolic OH excluding ortho intramolecular Hbond substituents is 2. The molecule has 0 fully saturated rings. The number of carbonyl (C=O) groups is 1. The van der Waals surface area contributed by atoms with Crippen LogP contribution in [0.25, 0.3) is 0 Å². The van der Waals surface area contributed by atoms with E-state index in [0.717, 1.165) is 37.0 Å². The van der Waals surface area contributed by atoms with Crippen molar-refractivity contribution < 1.29 is 44.0 Å². The Morgan fingerprint density at radius 2 is 1.15 bits per heavy atom. The molecule has 4 aromatic carbocycles. The van der Waals surface area contributed by atoms with Gasteiger partial charge in [0, 0.05) is 38.0 Å². The number of Topliss-reactive ketones (excluding diaryl/α,β-unsaturated/α-hetero) is 1. The molecule has 0 aromatic heterocycles. The van der Waals surface area contributed by atoms with E-state index in [2.05, 4.69) is 6.92 Å². The Morgan fingerprint density at radius 1 is 0.634 bits per heavy atom. The van der Waals surface area contributed by atoms with Crippen molar-refractivity contribution in [3.05, 3.63) is 116 Å². The van der Waals surface area contributed by atoms with Gasteiger partial charge in [-0.15, -0.1) is 0 Å². The van der Waals surface area contributed by atoms with Crippen LogP contribution in [-0.2, 0) is 25.9 Å². The van der Waals surface area contributed by atoms with Crippen molar-refractivity contribution in [2.75, 3.05) is 0 Å². The minimum Gasteiger partial charge on any atom is -0.508 e. The number of benzene rings is 4. The fourth-order valence-electron chi connectivity index (χ4n) is 3.92. The zero-order valence-electron chi connectivity index (χ0n) is 24.5. The monoisotopic (exact) mass is 605 g/mol. The van der Waals surface area contributed by atoms with Gasteiger partial charge >= 0.3 is 0 Å². The van der Waals surface area contributed by atoms with E-state index in [-0.39, 0.29) is 38.4 Å². The number of rotatable bonds is 12. The maximum atomic E-state index is 11.9. The second-order valence-corrected chi connectivity index (χ2v) is 9.28. The van der Waals surface area contributed by atoms with E-state index in [4.69, 9.17) is 9.47 Å². The second kappa shape index (κ2) is 19.5. The first-order valence-corrected chi connectivity index (χ1v) is 13.6. The first-order chi connectivity index (χ1) is 19.0. The first-order valence-electron chi connectivity index (χ1n) is 13.6. The zero-order valence-corrected chi connectivity index (χ0v) is 27.5. The van der Waals surface area contributed by atoms with Gasteiger partial charge in [0.1, 0.15) is 34.5 Å². The van der Waals surface area contributed by atoms with Crippen LogP contribution in [-0.4, -0.2) is 16.0 Å². The third-order valence-electron chi connectivity index (χ3n) is 6.09. The Morgan fingerprint density at radius 3 is 1.63 bits per heavy atom. The summed E-state index contributed by atoms with van der Waals surface area (Å²) in [5.41, 5.74) is 1.35. The van der Waals surface area contributed by atoms with Crippen LogP contribution in [0.2, 0.25) is 0 Å². The molecule has 0 amide bonds. The van der Waals surface area contributed by atoms with Crippen LogP contribution in [0.4, 0.5) is 0 Å². The van der Waals surface area contributed by atoms with Gasteiger partial charge in [-0.2, -0.15) is 0 Å². The normalized spacial score (nSPS) is 9.80. The molecule has 214 valence electrons. The molecule has 2 N–H and O–H groups in total. The molecule has 0 atom stereocenters. The van der Waals surface area contributed by atoms with E-state index < -0.39 is 0 Å². The van der Waals surface area contributed by atoms with Crippen LogP contribution in [0.3, 0.4) is 0 Å². The Hall–Kier alpha value is -3.63. The van der Waals surface area contributed by atoms with E-state index in [1.807, 2.05) is 79.7 Å². The fourth-order valence-corrected chi connectivity index (χ4v) is 3.92. The van der Waals surface area contributed by atoms with Crippen molar-refractivity contribution >= 4 is 5.78 Å². The molecule has 0 heterocycles.